The number of rotatable bonds is 6. The Morgan fingerprint density at radius 1 is 1.41 bits per heavy atom. The Bertz CT molecular complexity index is 906. The third kappa shape index (κ3) is 4.74. The average molecular weight is 367 g/mol. The molecule has 1 aliphatic heterocycles. The molecule has 7 heteroatoms. The van der Waals surface area contributed by atoms with E-state index in [1.54, 1.807) is 37.3 Å². The molecule has 27 heavy (non-hydrogen) atoms. The molecule has 1 fully saturated rings. The summed E-state index contributed by atoms with van der Waals surface area (Å²) >= 11 is 0. The molecule has 2 N–H and O–H groups in total. The van der Waals surface area contributed by atoms with Crippen LogP contribution in [0.4, 0.5) is 0 Å². The van der Waals surface area contributed by atoms with Crippen LogP contribution in [-0.4, -0.2) is 36.8 Å². The van der Waals surface area contributed by atoms with E-state index < -0.39 is 5.56 Å². The van der Waals surface area contributed by atoms with Gasteiger partial charge in [-0.05, 0) is 43.5 Å². The summed E-state index contributed by atoms with van der Waals surface area (Å²) in [4.78, 5) is 26.4. The predicted octanol–water partition coefficient (Wildman–Crippen LogP) is 1.90. The van der Waals surface area contributed by atoms with E-state index in [2.05, 4.69) is 10.3 Å². The first-order valence-corrected chi connectivity index (χ1v) is 8.82. The van der Waals surface area contributed by atoms with Crippen LogP contribution < -0.4 is 15.6 Å². The van der Waals surface area contributed by atoms with Crippen molar-refractivity contribution in [2.75, 3.05) is 19.8 Å². The minimum Gasteiger partial charge on any atom is -0.484 e. The molecule has 1 aliphatic rings. The Balaban J connectivity index is 1.60. The van der Waals surface area contributed by atoms with Gasteiger partial charge in [0.15, 0.2) is 6.61 Å². The lowest BCUT2D eigenvalue weighted by molar-refractivity contribution is -0.123. The van der Waals surface area contributed by atoms with Gasteiger partial charge in [-0.1, -0.05) is 12.1 Å². The number of pyridine rings is 1. The van der Waals surface area contributed by atoms with Gasteiger partial charge in [0.05, 0.1) is 6.10 Å². The summed E-state index contributed by atoms with van der Waals surface area (Å²) in [6.45, 7) is 2.93. The number of carbonyl (C=O) groups is 1. The highest BCUT2D eigenvalue weighted by molar-refractivity contribution is 5.77. The zero-order valence-corrected chi connectivity index (χ0v) is 15.1. The molecule has 1 aromatic carbocycles. The second-order valence-electron chi connectivity index (χ2n) is 6.43. The summed E-state index contributed by atoms with van der Waals surface area (Å²) in [6.07, 6.45) is 2.10. The van der Waals surface area contributed by atoms with Crippen molar-refractivity contribution in [3.8, 4) is 22.9 Å². The predicted molar refractivity (Wildman–Crippen MR) is 99.4 cm³/mol. The van der Waals surface area contributed by atoms with Gasteiger partial charge in [0.1, 0.15) is 17.4 Å². The Kier molecular flexibility index (Phi) is 5.89. The van der Waals surface area contributed by atoms with E-state index in [9.17, 15) is 14.9 Å². The topological polar surface area (TPSA) is 104 Å². The highest BCUT2D eigenvalue weighted by Gasteiger charge is 2.16. The maximum Gasteiger partial charge on any atom is 0.266 e. The number of aromatic nitrogens is 1. The van der Waals surface area contributed by atoms with Crippen LogP contribution in [0.15, 0.2) is 35.1 Å². The van der Waals surface area contributed by atoms with Gasteiger partial charge in [-0.25, -0.2) is 0 Å². The third-order valence-corrected chi connectivity index (χ3v) is 4.37. The molecule has 1 amide bonds. The van der Waals surface area contributed by atoms with Crippen LogP contribution in [-0.2, 0) is 9.53 Å². The van der Waals surface area contributed by atoms with Crippen LogP contribution in [0.2, 0.25) is 0 Å². The molecule has 3 rings (SSSR count). The normalized spacial score (nSPS) is 15.9. The summed E-state index contributed by atoms with van der Waals surface area (Å²) < 4.78 is 10.9. The van der Waals surface area contributed by atoms with Crippen molar-refractivity contribution in [3.63, 3.8) is 0 Å². The minimum absolute atomic E-state index is 0.0720. The maximum absolute atomic E-state index is 11.9. The smallest absolute Gasteiger partial charge is 0.266 e. The molecule has 1 aromatic heterocycles. The van der Waals surface area contributed by atoms with Gasteiger partial charge in [0, 0.05) is 24.4 Å². The van der Waals surface area contributed by atoms with Crippen molar-refractivity contribution in [1.29, 1.82) is 5.26 Å². The molecule has 2 aromatic rings. The van der Waals surface area contributed by atoms with Crippen molar-refractivity contribution < 1.29 is 14.3 Å². The largest absolute Gasteiger partial charge is 0.484 e. The van der Waals surface area contributed by atoms with Crippen molar-refractivity contribution >= 4 is 5.91 Å². The molecule has 0 bridgehead atoms. The minimum atomic E-state index is -0.407. The molecule has 7 nitrogen and oxygen atoms in total. The van der Waals surface area contributed by atoms with E-state index in [-0.39, 0.29) is 24.2 Å². The van der Waals surface area contributed by atoms with Crippen molar-refractivity contribution in [2.24, 2.45) is 0 Å². The fourth-order valence-corrected chi connectivity index (χ4v) is 2.99. The first-order chi connectivity index (χ1) is 13.1. The van der Waals surface area contributed by atoms with Crippen LogP contribution in [0.1, 0.15) is 24.1 Å². The lowest BCUT2D eigenvalue weighted by Gasteiger charge is -2.12. The number of ether oxygens (including phenoxy) is 2. The van der Waals surface area contributed by atoms with Crippen molar-refractivity contribution in [3.05, 3.63) is 51.9 Å². The number of amides is 1. The molecule has 2 heterocycles. The highest BCUT2D eigenvalue weighted by atomic mass is 16.5. The Morgan fingerprint density at radius 2 is 2.19 bits per heavy atom. The van der Waals surface area contributed by atoms with Gasteiger partial charge in [-0.3, -0.25) is 9.59 Å². The van der Waals surface area contributed by atoms with E-state index in [4.69, 9.17) is 9.47 Å². The number of aryl methyl sites for hydroxylation is 1. The fourth-order valence-electron chi connectivity index (χ4n) is 2.99. The first-order valence-electron chi connectivity index (χ1n) is 8.82. The number of hydrogen-bond acceptors (Lipinski definition) is 5. The van der Waals surface area contributed by atoms with Crippen LogP contribution in [0.5, 0.6) is 5.75 Å². The molecular formula is C20H21N3O4. The van der Waals surface area contributed by atoms with E-state index >= 15 is 0 Å². The second-order valence-corrected chi connectivity index (χ2v) is 6.43. The number of nitrogens with zero attached hydrogens (tertiary/aromatic N) is 1. The summed E-state index contributed by atoms with van der Waals surface area (Å²) in [7, 11) is 0. The average Bonchev–Trinajstić information content (AvgIpc) is 3.18. The van der Waals surface area contributed by atoms with Crippen LogP contribution >= 0.6 is 0 Å². The SMILES string of the molecule is Cc1cc(-c2ccc(OCC(=O)NCC3CCCO3)cc2)c(C#N)c(=O)[nH]1. The lowest BCUT2D eigenvalue weighted by Crippen LogP contribution is -2.35. The van der Waals surface area contributed by atoms with E-state index in [0.29, 0.717) is 23.6 Å². The lowest BCUT2D eigenvalue weighted by atomic mass is 10.0. The molecule has 1 saturated heterocycles. The number of nitriles is 1. The van der Waals surface area contributed by atoms with Crippen LogP contribution in [0.3, 0.4) is 0 Å². The van der Waals surface area contributed by atoms with E-state index in [1.165, 1.54) is 0 Å². The van der Waals surface area contributed by atoms with Gasteiger partial charge < -0.3 is 19.8 Å². The Hall–Kier alpha value is -3.11. The number of nitrogens with one attached hydrogen (secondary N) is 2. The van der Waals surface area contributed by atoms with Crippen molar-refractivity contribution in [1.82, 2.24) is 10.3 Å². The molecule has 0 radical (unpaired) electrons. The fraction of sp³-hybridized carbons (Fsp3) is 0.350. The summed E-state index contributed by atoms with van der Waals surface area (Å²) in [5, 5.41) is 12.0. The molecule has 1 unspecified atom stereocenters. The summed E-state index contributed by atoms with van der Waals surface area (Å²) in [5.41, 5.74) is 1.64. The molecule has 0 saturated carbocycles. The highest BCUT2D eigenvalue weighted by Crippen LogP contribution is 2.24. The molecule has 1 atom stereocenters. The standard InChI is InChI=1S/C20H21N3O4/c1-13-9-17(18(10-21)20(25)23-13)14-4-6-15(7-5-14)27-12-19(24)22-11-16-3-2-8-26-16/h4-7,9,16H,2-3,8,11-12H2,1H3,(H,22,24)(H,23,25). The zero-order valence-electron chi connectivity index (χ0n) is 15.1. The number of carbonyl (C=O) groups excluding carboxylic acids is 1. The molecular weight excluding hydrogens is 346 g/mol. The van der Waals surface area contributed by atoms with Crippen LogP contribution in [0, 0.1) is 18.3 Å². The summed E-state index contributed by atoms with van der Waals surface area (Å²) in [5.74, 6) is 0.331. The Labute approximate surface area is 156 Å². The van der Waals surface area contributed by atoms with Crippen molar-refractivity contribution in [2.45, 2.75) is 25.9 Å². The molecule has 0 aliphatic carbocycles. The second kappa shape index (κ2) is 8.52. The van der Waals surface area contributed by atoms with Gasteiger partial charge in [0.25, 0.3) is 11.5 Å². The molecule has 140 valence electrons. The van der Waals surface area contributed by atoms with Gasteiger partial charge in [-0.15, -0.1) is 0 Å². The van der Waals surface area contributed by atoms with Crippen LogP contribution in [0.25, 0.3) is 11.1 Å². The first kappa shape index (κ1) is 18.7. The monoisotopic (exact) mass is 367 g/mol. The number of H-pyrrole nitrogens is 1. The van der Waals surface area contributed by atoms with E-state index in [1.807, 2.05) is 6.07 Å². The molecule has 0 spiro atoms. The van der Waals surface area contributed by atoms with Gasteiger partial charge in [-0.2, -0.15) is 5.26 Å². The maximum atomic E-state index is 11.9. The third-order valence-electron chi connectivity index (χ3n) is 4.37. The van der Waals surface area contributed by atoms with Gasteiger partial charge >= 0.3 is 0 Å². The van der Waals surface area contributed by atoms with Gasteiger partial charge in [0.2, 0.25) is 0 Å². The zero-order chi connectivity index (χ0) is 19.2. The van der Waals surface area contributed by atoms with E-state index in [0.717, 1.165) is 25.0 Å². The number of hydrogen-bond donors (Lipinski definition) is 2. The number of aromatic amines is 1. The quantitative estimate of drug-likeness (QED) is 0.811. The number of benzene rings is 1. The Morgan fingerprint density at radius 3 is 2.85 bits per heavy atom. The summed E-state index contributed by atoms with van der Waals surface area (Å²) in [6, 6.07) is 10.6.